The molecule has 0 spiro atoms. The number of carbonyl (C=O) groups excluding carboxylic acids is 1. The van der Waals surface area contributed by atoms with Crippen LogP contribution in [0.15, 0.2) is 0 Å². The van der Waals surface area contributed by atoms with Crippen LogP contribution in [0.2, 0.25) is 0 Å². The zero-order valence-electron chi connectivity index (χ0n) is 15.9. The summed E-state index contributed by atoms with van der Waals surface area (Å²) in [5.74, 6) is 0.657. The van der Waals surface area contributed by atoms with Gasteiger partial charge in [-0.25, -0.2) is 0 Å². The average molecular weight is 396 g/mol. The molecule has 5 nitrogen and oxygen atoms in total. The highest BCUT2D eigenvalue weighted by Crippen LogP contribution is 2.24. The van der Waals surface area contributed by atoms with E-state index in [1.807, 2.05) is 0 Å². The first kappa shape index (κ1) is 23.0. The van der Waals surface area contributed by atoms with Crippen molar-refractivity contribution in [3.05, 3.63) is 0 Å². The van der Waals surface area contributed by atoms with Crippen molar-refractivity contribution in [3.8, 4) is 0 Å². The minimum absolute atomic E-state index is 0. The number of ether oxygens (including phenoxy) is 1. The molecule has 5 unspecified atom stereocenters. The zero-order valence-corrected chi connectivity index (χ0v) is 17.6. The van der Waals surface area contributed by atoms with Gasteiger partial charge in [-0.15, -0.1) is 24.8 Å². The minimum atomic E-state index is -0.0135. The van der Waals surface area contributed by atoms with Gasteiger partial charge in [0.1, 0.15) is 0 Å². The molecule has 5 atom stereocenters. The van der Waals surface area contributed by atoms with Gasteiger partial charge in [-0.2, -0.15) is 0 Å². The molecule has 1 amide bonds. The number of hydrogen-bond acceptors (Lipinski definition) is 4. The van der Waals surface area contributed by atoms with Crippen molar-refractivity contribution >= 4 is 30.7 Å². The normalized spacial score (nSPS) is 34.0. The van der Waals surface area contributed by atoms with Crippen molar-refractivity contribution in [1.29, 1.82) is 0 Å². The maximum absolute atomic E-state index is 13.3. The van der Waals surface area contributed by atoms with Crippen LogP contribution in [-0.4, -0.2) is 72.2 Å². The number of carbonyl (C=O) groups is 1. The fraction of sp³-hybridized carbons (Fsp3) is 0.944. The molecule has 0 aromatic carbocycles. The van der Waals surface area contributed by atoms with Crippen molar-refractivity contribution in [3.63, 3.8) is 0 Å². The van der Waals surface area contributed by atoms with Crippen LogP contribution < -0.4 is 5.32 Å². The lowest BCUT2D eigenvalue weighted by Gasteiger charge is -2.42. The first-order valence-electron chi connectivity index (χ1n) is 9.38. The fourth-order valence-corrected chi connectivity index (χ4v) is 4.64. The average Bonchev–Trinajstić information content (AvgIpc) is 2.76. The highest BCUT2D eigenvalue weighted by atomic mass is 35.5. The molecule has 0 radical (unpaired) electrons. The summed E-state index contributed by atoms with van der Waals surface area (Å²) < 4.78 is 5.86. The Morgan fingerprint density at radius 1 is 1.00 bits per heavy atom. The summed E-state index contributed by atoms with van der Waals surface area (Å²) in [5.41, 5.74) is 0. The van der Waals surface area contributed by atoms with Crippen LogP contribution in [0.3, 0.4) is 0 Å². The molecule has 0 aliphatic carbocycles. The molecule has 0 saturated carbocycles. The number of hydrogen-bond donors (Lipinski definition) is 1. The number of likely N-dealkylation sites (tertiary alicyclic amines) is 1. The molecule has 2 bridgehead atoms. The topological polar surface area (TPSA) is 44.8 Å². The van der Waals surface area contributed by atoms with E-state index >= 15 is 0 Å². The molecule has 3 heterocycles. The molecule has 148 valence electrons. The van der Waals surface area contributed by atoms with E-state index < -0.39 is 0 Å². The Labute approximate surface area is 165 Å². The number of fused-ring (bicyclic) bond motifs is 2. The molecular formula is C18H35Cl2N3O2. The second kappa shape index (κ2) is 9.75. The second-order valence-corrected chi connectivity index (χ2v) is 8.11. The Hall–Kier alpha value is -0.0700. The number of rotatable bonds is 3. The molecule has 3 aliphatic rings. The Balaban J connectivity index is 0.00000156. The maximum atomic E-state index is 13.3. The van der Waals surface area contributed by atoms with Crippen LogP contribution >= 0.6 is 24.8 Å². The largest absolute Gasteiger partial charge is 0.373 e. The van der Waals surface area contributed by atoms with E-state index in [9.17, 15) is 4.79 Å². The fourth-order valence-electron chi connectivity index (χ4n) is 4.64. The molecule has 3 saturated heterocycles. The lowest BCUT2D eigenvalue weighted by Crippen LogP contribution is -2.58. The Bertz CT molecular complexity index is 429. The molecule has 3 rings (SSSR count). The van der Waals surface area contributed by atoms with Crippen LogP contribution in [-0.2, 0) is 9.53 Å². The van der Waals surface area contributed by atoms with E-state index in [1.165, 1.54) is 12.8 Å². The third kappa shape index (κ3) is 5.46. The van der Waals surface area contributed by atoms with Crippen molar-refractivity contribution in [2.45, 2.75) is 77.3 Å². The van der Waals surface area contributed by atoms with Gasteiger partial charge < -0.3 is 15.0 Å². The standard InChI is InChI=1S/C18H33N3O2.2ClH/c1-12(2)17(21-9-13(3)23-14(4)10-21)18(22)20-8-7-15-5-6-16(11-20)19-15;;/h12-17,19H,5-11H2,1-4H3;2*1H. The number of morpholine rings is 1. The summed E-state index contributed by atoms with van der Waals surface area (Å²) in [4.78, 5) is 17.8. The predicted molar refractivity (Wildman–Crippen MR) is 106 cm³/mol. The van der Waals surface area contributed by atoms with E-state index in [2.05, 4.69) is 42.8 Å². The summed E-state index contributed by atoms with van der Waals surface area (Å²) in [6.45, 7) is 12.1. The van der Waals surface area contributed by atoms with E-state index in [1.54, 1.807) is 0 Å². The molecule has 0 aromatic heterocycles. The molecule has 1 N–H and O–H groups in total. The van der Waals surface area contributed by atoms with E-state index in [4.69, 9.17) is 4.74 Å². The Morgan fingerprint density at radius 2 is 1.60 bits per heavy atom. The van der Waals surface area contributed by atoms with Crippen LogP contribution in [0.4, 0.5) is 0 Å². The Morgan fingerprint density at radius 3 is 2.20 bits per heavy atom. The summed E-state index contributed by atoms with van der Waals surface area (Å²) >= 11 is 0. The molecule has 3 fully saturated rings. The van der Waals surface area contributed by atoms with E-state index in [0.717, 1.165) is 32.6 Å². The summed E-state index contributed by atoms with van der Waals surface area (Å²) in [6.07, 6.45) is 4.00. The highest BCUT2D eigenvalue weighted by Gasteiger charge is 2.38. The van der Waals surface area contributed by atoms with Crippen LogP contribution in [0, 0.1) is 5.92 Å². The quantitative estimate of drug-likeness (QED) is 0.795. The lowest BCUT2D eigenvalue weighted by molar-refractivity contribution is -0.145. The Kier molecular flexibility index (Phi) is 8.95. The van der Waals surface area contributed by atoms with Gasteiger partial charge in [0.05, 0.1) is 18.2 Å². The van der Waals surface area contributed by atoms with Crippen LogP contribution in [0.25, 0.3) is 0 Å². The number of amides is 1. The van der Waals surface area contributed by atoms with Crippen molar-refractivity contribution in [2.75, 3.05) is 26.2 Å². The summed E-state index contributed by atoms with van der Waals surface area (Å²) in [7, 11) is 0. The van der Waals surface area contributed by atoms with Crippen molar-refractivity contribution < 1.29 is 9.53 Å². The lowest BCUT2D eigenvalue weighted by atomic mass is 9.98. The SMILES string of the molecule is CC1CN(C(C(=O)N2CCC3CCC(C2)N3)C(C)C)CC(C)O1.Cl.Cl. The van der Waals surface area contributed by atoms with Gasteiger partial charge >= 0.3 is 0 Å². The minimum Gasteiger partial charge on any atom is -0.373 e. The van der Waals surface area contributed by atoms with Gasteiger partial charge in [0.25, 0.3) is 0 Å². The van der Waals surface area contributed by atoms with Gasteiger partial charge in [-0.05, 0) is 39.0 Å². The smallest absolute Gasteiger partial charge is 0.240 e. The summed E-state index contributed by atoms with van der Waals surface area (Å²) in [5, 5.41) is 3.67. The number of nitrogens with zero attached hydrogens (tertiary/aromatic N) is 2. The predicted octanol–water partition coefficient (Wildman–Crippen LogP) is 2.32. The first-order chi connectivity index (χ1) is 10.9. The van der Waals surface area contributed by atoms with Crippen molar-refractivity contribution in [1.82, 2.24) is 15.1 Å². The second-order valence-electron chi connectivity index (χ2n) is 8.11. The molecule has 7 heteroatoms. The van der Waals surface area contributed by atoms with Gasteiger partial charge in [-0.1, -0.05) is 13.8 Å². The first-order valence-corrected chi connectivity index (χ1v) is 9.38. The highest BCUT2D eigenvalue weighted by molar-refractivity contribution is 5.85. The van der Waals surface area contributed by atoms with Crippen molar-refractivity contribution in [2.24, 2.45) is 5.92 Å². The molecule has 3 aliphatic heterocycles. The number of halogens is 2. The third-order valence-electron chi connectivity index (χ3n) is 5.56. The number of nitrogens with one attached hydrogen (secondary N) is 1. The van der Waals surface area contributed by atoms with Gasteiger partial charge in [-0.3, -0.25) is 9.69 Å². The molecular weight excluding hydrogens is 361 g/mol. The molecule has 25 heavy (non-hydrogen) atoms. The van der Waals surface area contributed by atoms with Gasteiger partial charge in [0.2, 0.25) is 5.91 Å². The monoisotopic (exact) mass is 395 g/mol. The van der Waals surface area contributed by atoms with Crippen LogP contribution in [0.5, 0.6) is 0 Å². The molecule has 0 aromatic rings. The third-order valence-corrected chi connectivity index (χ3v) is 5.56. The van der Waals surface area contributed by atoms with Gasteiger partial charge in [0, 0.05) is 38.3 Å². The van der Waals surface area contributed by atoms with E-state index in [0.29, 0.717) is 23.9 Å². The zero-order chi connectivity index (χ0) is 16.6. The summed E-state index contributed by atoms with van der Waals surface area (Å²) in [6, 6.07) is 1.11. The van der Waals surface area contributed by atoms with Crippen LogP contribution in [0.1, 0.15) is 47.0 Å². The van der Waals surface area contributed by atoms with Gasteiger partial charge in [0.15, 0.2) is 0 Å². The maximum Gasteiger partial charge on any atom is 0.240 e. The van der Waals surface area contributed by atoms with E-state index in [-0.39, 0.29) is 43.1 Å².